The van der Waals surface area contributed by atoms with Crippen LogP contribution in [0.25, 0.3) is 0 Å². The zero-order valence-electron chi connectivity index (χ0n) is 12.5. The van der Waals surface area contributed by atoms with Crippen LogP contribution >= 0.6 is 0 Å². The zero-order valence-corrected chi connectivity index (χ0v) is 12.5. The summed E-state index contributed by atoms with van der Waals surface area (Å²) in [5.41, 5.74) is 0.706. The van der Waals surface area contributed by atoms with Crippen LogP contribution in [0.2, 0.25) is 0 Å². The Morgan fingerprint density at radius 3 is 2.95 bits per heavy atom. The molecule has 1 aromatic rings. The van der Waals surface area contributed by atoms with E-state index in [1.807, 2.05) is 12.1 Å². The van der Waals surface area contributed by atoms with Crippen LogP contribution in [0, 0.1) is 0 Å². The molecule has 2 fully saturated rings. The maximum atomic E-state index is 12.5. The molecule has 3 rings (SSSR count). The summed E-state index contributed by atoms with van der Waals surface area (Å²) < 4.78 is 0. The Labute approximate surface area is 126 Å². The predicted molar refractivity (Wildman–Crippen MR) is 83.7 cm³/mol. The monoisotopic (exact) mass is 288 g/mol. The largest absolute Gasteiger partial charge is 0.356 e. The van der Waals surface area contributed by atoms with Crippen molar-refractivity contribution < 1.29 is 4.79 Å². The first-order chi connectivity index (χ1) is 10.3. The van der Waals surface area contributed by atoms with E-state index in [1.54, 1.807) is 6.20 Å². The molecule has 2 aliphatic rings. The summed E-state index contributed by atoms with van der Waals surface area (Å²) in [6, 6.07) is 4.15. The number of carbonyl (C=O) groups excluding carboxylic acids is 1. The molecule has 2 aliphatic heterocycles. The molecule has 114 valence electrons. The number of amides is 1. The van der Waals surface area contributed by atoms with E-state index < -0.39 is 0 Å². The van der Waals surface area contributed by atoms with E-state index >= 15 is 0 Å². The highest BCUT2D eigenvalue weighted by molar-refractivity contribution is 5.98. The summed E-state index contributed by atoms with van der Waals surface area (Å²) in [4.78, 5) is 19.2. The predicted octanol–water partition coefficient (Wildman–Crippen LogP) is 1.55. The summed E-state index contributed by atoms with van der Waals surface area (Å²) in [6.07, 6.45) is 7.77. The molecule has 0 radical (unpaired) electrons. The molecule has 0 aromatic carbocycles. The van der Waals surface area contributed by atoms with Crippen LogP contribution in [0.4, 0.5) is 5.82 Å². The van der Waals surface area contributed by atoms with Crippen LogP contribution in [-0.4, -0.2) is 43.1 Å². The number of aromatic nitrogens is 1. The lowest BCUT2D eigenvalue weighted by molar-refractivity contribution is 0.0950. The molecule has 2 saturated heterocycles. The second-order valence-electron chi connectivity index (χ2n) is 5.93. The first kappa shape index (κ1) is 14.3. The lowest BCUT2D eigenvalue weighted by Gasteiger charge is -2.29. The molecule has 0 spiro atoms. The number of pyridine rings is 1. The highest BCUT2D eigenvalue weighted by Crippen LogP contribution is 2.21. The van der Waals surface area contributed by atoms with Gasteiger partial charge in [0.2, 0.25) is 0 Å². The van der Waals surface area contributed by atoms with Crippen molar-refractivity contribution >= 4 is 11.7 Å². The van der Waals surface area contributed by atoms with Crippen LogP contribution in [0.3, 0.4) is 0 Å². The van der Waals surface area contributed by atoms with Gasteiger partial charge in [0.05, 0.1) is 5.56 Å². The van der Waals surface area contributed by atoms with Gasteiger partial charge in [0.1, 0.15) is 5.82 Å². The van der Waals surface area contributed by atoms with Crippen molar-refractivity contribution in [3.8, 4) is 0 Å². The van der Waals surface area contributed by atoms with Crippen LogP contribution in [0.1, 0.15) is 42.5 Å². The number of nitrogens with one attached hydrogen (secondary N) is 2. The standard InChI is InChI=1S/C16H24N4O/c21-16(19-12-13-6-4-8-17-13)14-7-5-9-18-15(14)20-10-2-1-3-11-20/h5,7,9,13,17H,1-4,6,8,10-12H2,(H,19,21). The van der Waals surface area contributed by atoms with Gasteiger partial charge in [0.15, 0.2) is 0 Å². The van der Waals surface area contributed by atoms with Gasteiger partial charge in [-0.1, -0.05) is 0 Å². The minimum absolute atomic E-state index is 0.00243. The van der Waals surface area contributed by atoms with Crippen LogP contribution in [-0.2, 0) is 0 Å². The highest BCUT2D eigenvalue weighted by Gasteiger charge is 2.21. The Bertz CT molecular complexity index is 479. The van der Waals surface area contributed by atoms with Crippen molar-refractivity contribution in [1.82, 2.24) is 15.6 Å². The van der Waals surface area contributed by atoms with E-state index in [-0.39, 0.29) is 5.91 Å². The molecule has 0 bridgehead atoms. The van der Waals surface area contributed by atoms with Crippen molar-refractivity contribution in [2.75, 3.05) is 31.1 Å². The fourth-order valence-electron chi connectivity index (χ4n) is 3.17. The highest BCUT2D eigenvalue weighted by atomic mass is 16.1. The third-order valence-corrected chi connectivity index (χ3v) is 4.36. The topological polar surface area (TPSA) is 57.3 Å². The second-order valence-corrected chi connectivity index (χ2v) is 5.93. The molecule has 0 saturated carbocycles. The molecule has 1 aromatic heterocycles. The SMILES string of the molecule is O=C(NCC1CCCN1)c1cccnc1N1CCCCC1. The molecule has 3 heterocycles. The van der Waals surface area contributed by atoms with Gasteiger partial charge < -0.3 is 15.5 Å². The Hall–Kier alpha value is -1.62. The first-order valence-corrected chi connectivity index (χ1v) is 8.06. The molecular formula is C16H24N4O. The molecule has 1 unspecified atom stereocenters. The smallest absolute Gasteiger partial charge is 0.255 e. The Kier molecular flexibility index (Phi) is 4.70. The molecule has 0 aliphatic carbocycles. The minimum atomic E-state index is -0.00243. The number of carbonyl (C=O) groups is 1. The van der Waals surface area contributed by atoms with Gasteiger partial charge in [-0.3, -0.25) is 4.79 Å². The summed E-state index contributed by atoms with van der Waals surface area (Å²) >= 11 is 0. The van der Waals surface area contributed by atoms with E-state index in [4.69, 9.17) is 0 Å². The summed E-state index contributed by atoms with van der Waals surface area (Å²) in [5.74, 6) is 0.839. The van der Waals surface area contributed by atoms with E-state index in [9.17, 15) is 4.79 Å². The fourth-order valence-corrected chi connectivity index (χ4v) is 3.17. The lowest BCUT2D eigenvalue weighted by atomic mass is 10.1. The molecule has 5 heteroatoms. The molecule has 21 heavy (non-hydrogen) atoms. The Morgan fingerprint density at radius 1 is 1.33 bits per heavy atom. The maximum Gasteiger partial charge on any atom is 0.255 e. The van der Waals surface area contributed by atoms with Crippen LogP contribution < -0.4 is 15.5 Å². The first-order valence-electron chi connectivity index (χ1n) is 8.06. The third kappa shape index (κ3) is 3.53. The van der Waals surface area contributed by atoms with Gasteiger partial charge in [-0.15, -0.1) is 0 Å². The second kappa shape index (κ2) is 6.89. The Morgan fingerprint density at radius 2 is 2.19 bits per heavy atom. The molecular weight excluding hydrogens is 264 g/mol. The molecule has 1 atom stereocenters. The fraction of sp³-hybridized carbons (Fsp3) is 0.625. The average Bonchev–Trinajstić information content (AvgIpc) is 3.07. The van der Waals surface area contributed by atoms with Crippen molar-refractivity contribution in [2.45, 2.75) is 38.1 Å². The summed E-state index contributed by atoms with van der Waals surface area (Å²) in [5, 5.41) is 6.45. The van der Waals surface area contributed by atoms with Gasteiger partial charge >= 0.3 is 0 Å². The van der Waals surface area contributed by atoms with E-state index in [0.717, 1.165) is 31.9 Å². The van der Waals surface area contributed by atoms with E-state index in [0.29, 0.717) is 18.2 Å². The van der Waals surface area contributed by atoms with E-state index in [2.05, 4.69) is 20.5 Å². The van der Waals surface area contributed by atoms with Gasteiger partial charge in [-0.2, -0.15) is 0 Å². The third-order valence-electron chi connectivity index (χ3n) is 4.36. The maximum absolute atomic E-state index is 12.5. The molecule has 5 nitrogen and oxygen atoms in total. The summed E-state index contributed by atoms with van der Waals surface area (Å²) in [6.45, 7) is 3.77. The Balaban J connectivity index is 1.66. The minimum Gasteiger partial charge on any atom is -0.356 e. The van der Waals surface area contributed by atoms with Gasteiger partial charge in [-0.05, 0) is 50.8 Å². The average molecular weight is 288 g/mol. The number of nitrogens with zero attached hydrogens (tertiary/aromatic N) is 2. The van der Waals surface area contributed by atoms with Crippen molar-refractivity contribution in [3.63, 3.8) is 0 Å². The van der Waals surface area contributed by atoms with Gasteiger partial charge in [-0.25, -0.2) is 4.98 Å². The van der Waals surface area contributed by atoms with E-state index in [1.165, 1.54) is 25.7 Å². The van der Waals surface area contributed by atoms with Crippen molar-refractivity contribution in [3.05, 3.63) is 23.9 Å². The zero-order chi connectivity index (χ0) is 14.5. The number of hydrogen-bond donors (Lipinski definition) is 2. The van der Waals surface area contributed by atoms with Crippen molar-refractivity contribution in [1.29, 1.82) is 0 Å². The number of hydrogen-bond acceptors (Lipinski definition) is 4. The normalized spacial score (nSPS) is 22.3. The number of rotatable bonds is 4. The summed E-state index contributed by atoms with van der Waals surface area (Å²) in [7, 11) is 0. The lowest BCUT2D eigenvalue weighted by Crippen LogP contribution is -2.38. The van der Waals surface area contributed by atoms with Gasteiger partial charge in [0.25, 0.3) is 5.91 Å². The number of anilines is 1. The van der Waals surface area contributed by atoms with Crippen LogP contribution in [0.15, 0.2) is 18.3 Å². The molecule has 1 amide bonds. The van der Waals surface area contributed by atoms with Crippen LogP contribution in [0.5, 0.6) is 0 Å². The van der Waals surface area contributed by atoms with Gasteiger partial charge in [0, 0.05) is 31.9 Å². The molecule has 2 N–H and O–H groups in total. The number of piperidine rings is 1. The quantitative estimate of drug-likeness (QED) is 0.882. The van der Waals surface area contributed by atoms with Crippen molar-refractivity contribution in [2.24, 2.45) is 0 Å².